The molecule has 2 aliphatic heterocycles. The van der Waals surface area contributed by atoms with Crippen LogP contribution in [0.25, 0.3) is 0 Å². The van der Waals surface area contributed by atoms with Crippen LogP contribution in [0.15, 0.2) is 24.3 Å². The van der Waals surface area contributed by atoms with Crippen molar-refractivity contribution in [2.45, 2.75) is 64.6 Å². The van der Waals surface area contributed by atoms with E-state index in [1.54, 1.807) is 9.80 Å². The highest BCUT2D eigenvalue weighted by Gasteiger charge is 2.55. The van der Waals surface area contributed by atoms with Gasteiger partial charge in [-0.15, -0.1) is 0 Å². The monoisotopic (exact) mass is 501 g/mol. The molecule has 2 amide bonds. The molecule has 1 aliphatic carbocycles. The maximum absolute atomic E-state index is 13.4. The molecule has 1 saturated carbocycles. The number of benzene rings is 1. The zero-order valence-electron chi connectivity index (χ0n) is 22.0. The number of hydrogen-bond acceptors (Lipinski definition) is 7. The second-order valence-electron chi connectivity index (χ2n) is 10.9. The van der Waals surface area contributed by atoms with Gasteiger partial charge in [0, 0.05) is 63.9 Å². The lowest BCUT2D eigenvalue weighted by molar-refractivity contribution is -0.148. The van der Waals surface area contributed by atoms with E-state index in [4.69, 9.17) is 14.2 Å². The summed E-state index contributed by atoms with van der Waals surface area (Å²) in [5, 5.41) is 0. The molecular weight excluding hydrogens is 462 g/mol. The highest BCUT2D eigenvalue weighted by molar-refractivity contribution is 5.89. The van der Waals surface area contributed by atoms with Gasteiger partial charge in [-0.1, -0.05) is 6.07 Å². The number of rotatable bonds is 6. The lowest BCUT2D eigenvalue weighted by Crippen LogP contribution is -2.55. The van der Waals surface area contributed by atoms with Gasteiger partial charge in [0.05, 0.1) is 12.5 Å². The third kappa shape index (κ3) is 6.23. The minimum Gasteiger partial charge on any atom is -0.477 e. The number of nitrogens with zero attached hydrogens (tertiary/aromatic N) is 3. The van der Waals surface area contributed by atoms with Crippen molar-refractivity contribution < 1.29 is 28.6 Å². The predicted octanol–water partition coefficient (Wildman–Crippen LogP) is 3.46. The molecule has 0 bridgehead atoms. The Hall–Kier alpha value is -2.97. The Morgan fingerprint density at radius 2 is 1.72 bits per heavy atom. The summed E-state index contributed by atoms with van der Waals surface area (Å²) in [6.07, 6.45) is 2.77. The fourth-order valence-electron chi connectivity index (χ4n) is 4.81. The third-order valence-electron chi connectivity index (χ3n) is 6.85. The normalized spacial score (nSPS) is 21.6. The zero-order valence-corrected chi connectivity index (χ0v) is 22.0. The number of carbonyl (C=O) groups is 3. The Bertz CT molecular complexity index is 963. The van der Waals surface area contributed by atoms with Crippen LogP contribution in [0.1, 0.15) is 53.4 Å². The molecule has 1 aromatic carbocycles. The van der Waals surface area contributed by atoms with Gasteiger partial charge in [0.2, 0.25) is 0 Å². The first kappa shape index (κ1) is 26.1. The molecule has 0 spiro atoms. The van der Waals surface area contributed by atoms with Crippen molar-refractivity contribution in [1.29, 1.82) is 0 Å². The van der Waals surface area contributed by atoms with E-state index in [0.717, 1.165) is 25.1 Å². The highest BCUT2D eigenvalue weighted by atomic mass is 16.6. The Balaban J connectivity index is 1.34. The SMILES string of the molecule is CCOC(=O)[C@@H]1CCCN(c2cccc(OC3(C(=O)N4CCN(C(=O)OC(C)(C)C)CC4)CC3)c2)C1. The maximum Gasteiger partial charge on any atom is 0.410 e. The van der Waals surface area contributed by atoms with E-state index in [0.29, 0.717) is 57.9 Å². The number of esters is 1. The largest absolute Gasteiger partial charge is 0.477 e. The van der Waals surface area contributed by atoms with E-state index in [2.05, 4.69) is 4.90 Å². The predicted molar refractivity (Wildman–Crippen MR) is 135 cm³/mol. The topological polar surface area (TPSA) is 88.6 Å². The first-order chi connectivity index (χ1) is 17.1. The Labute approximate surface area is 213 Å². The van der Waals surface area contributed by atoms with Crippen LogP contribution < -0.4 is 9.64 Å². The van der Waals surface area contributed by atoms with Crippen molar-refractivity contribution in [2.75, 3.05) is 50.8 Å². The van der Waals surface area contributed by atoms with Crippen molar-refractivity contribution in [3.8, 4) is 5.75 Å². The molecule has 0 radical (unpaired) electrons. The van der Waals surface area contributed by atoms with Gasteiger partial charge in [0.15, 0.2) is 5.60 Å². The summed E-state index contributed by atoms with van der Waals surface area (Å²) >= 11 is 0. The lowest BCUT2D eigenvalue weighted by atomic mass is 9.97. The summed E-state index contributed by atoms with van der Waals surface area (Å²) in [6.45, 7) is 11.1. The molecule has 0 unspecified atom stereocenters. The van der Waals surface area contributed by atoms with E-state index < -0.39 is 11.2 Å². The van der Waals surface area contributed by atoms with Crippen molar-refractivity contribution >= 4 is 23.7 Å². The molecular formula is C27H39N3O6. The third-order valence-corrected chi connectivity index (χ3v) is 6.85. The maximum atomic E-state index is 13.4. The summed E-state index contributed by atoms with van der Waals surface area (Å²) in [6, 6.07) is 7.78. The van der Waals surface area contributed by atoms with Crippen LogP contribution >= 0.6 is 0 Å². The van der Waals surface area contributed by atoms with Gasteiger partial charge in [-0.3, -0.25) is 9.59 Å². The molecule has 9 nitrogen and oxygen atoms in total. The lowest BCUT2D eigenvalue weighted by Gasteiger charge is -2.37. The van der Waals surface area contributed by atoms with Crippen LogP contribution in [0.3, 0.4) is 0 Å². The molecule has 1 atom stereocenters. The minimum atomic E-state index is -0.831. The molecule has 1 aromatic rings. The van der Waals surface area contributed by atoms with Gasteiger partial charge in [-0.05, 0) is 52.7 Å². The number of amides is 2. The van der Waals surface area contributed by atoms with Gasteiger partial charge in [-0.25, -0.2) is 4.79 Å². The second kappa shape index (κ2) is 10.6. The van der Waals surface area contributed by atoms with Crippen molar-refractivity contribution in [1.82, 2.24) is 9.80 Å². The summed E-state index contributed by atoms with van der Waals surface area (Å²) in [7, 11) is 0. The average molecular weight is 502 g/mol. The van der Waals surface area contributed by atoms with Gasteiger partial charge in [0.25, 0.3) is 5.91 Å². The van der Waals surface area contributed by atoms with Crippen LogP contribution in [-0.4, -0.2) is 84.8 Å². The van der Waals surface area contributed by atoms with Crippen molar-refractivity contribution in [3.63, 3.8) is 0 Å². The number of piperidine rings is 1. The summed E-state index contributed by atoms with van der Waals surface area (Å²) in [5.74, 6) is 0.379. The molecule has 36 heavy (non-hydrogen) atoms. The van der Waals surface area contributed by atoms with E-state index in [-0.39, 0.29) is 23.9 Å². The van der Waals surface area contributed by atoms with Gasteiger partial charge >= 0.3 is 12.1 Å². The molecule has 198 valence electrons. The van der Waals surface area contributed by atoms with Gasteiger partial charge in [-0.2, -0.15) is 0 Å². The Morgan fingerprint density at radius 3 is 2.36 bits per heavy atom. The van der Waals surface area contributed by atoms with E-state index >= 15 is 0 Å². The number of ether oxygens (including phenoxy) is 3. The number of anilines is 1. The zero-order chi connectivity index (χ0) is 25.9. The second-order valence-corrected chi connectivity index (χ2v) is 10.9. The molecule has 4 rings (SSSR count). The standard InChI is InChI=1S/C27H39N3O6/c1-5-34-23(31)20-8-7-13-30(19-20)21-9-6-10-22(18-21)35-27(11-12-27)24(32)28-14-16-29(17-15-28)25(33)36-26(2,3)4/h6,9-10,18,20H,5,7-8,11-17,19H2,1-4H3/t20-/m1/s1. The Morgan fingerprint density at radius 1 is 1.03 bits per heavy atom. The van der Waals surface area contributed by atoms with Crippen LogP contribution in [0.5, 0.6) is 5.75 Å². The summed E-state index contributed by atoms with van der Waals surface area (Å²) < 4.78 is 17.0. The average Bonchev–Trinajstić information content (AvgIpc) is 3.63. The van der Waals surface area contributed by atoms with Crippen LogP contribution in [0.4, 0.5) is 10.5 Å². The molecule has 3 fully saturated rings. The van der Waals surface area contributed by atoms with Crippen LogP contribution in [0, 0.1) is 5.92 Å². The van der Waals surface area contributed by atoms with E-state index in [1.807, 2.05) is 52.0 Å². The van der Waals surface area contributed by atoms with Crippen LogP contribution in [0.2, 0.25) is 0 Å². The molecule has 0 aromatic heterocycles. The smallest absolute Gasteiger partial charge is 0.410 e. The van der Waals surface area contributed by atoms with Crippen molar-refractivity contribution in [3.05, 3.63) is 24.3 Å². The van der Waals surface area contributed by atoms with Gasteiger partial charge < -0.3 is 28.9 Å². The first-order valence-electron chi connectivity index (χ1n) is 13.1. The summed E-state index contributed by atoms with van der Waals surface area (Å²) in [4.78, 5) is 43.6. The number of carbonyl (C=O) groups excluding carboxylic acids is 3. The Kier molecular flexibility index (Phi) is 7.66. The van der Waals surface area contributed by atoms with E-state index in [9.17, 15) is 14.4 Å². The quantitative estimate of drug-likeness (QED) is 0.552. The highest BCUT2D eigenvalue weighted by Crippen LogP contribution is 2.43. The fourth-order valence-corrected chi connectivity index (χ4v) is 4.81. The van der Waals surface area contributed by atoms with Crippen molar-refractivity contribution in [2.24, 2.45) is 5.92 Å². The van der Waals surface area contributed by atoms with E-state index in [1.165, 1.54) is 0 Å². The summed E-state index contributed by atoms with van der Waals surface area (Å²) in [5.41, 5.74) is -0.392. The molecule has 9 heteroatoms. The van der Waals surface area contributed by atoms with Crippen LogP contribution in [-0.2, 0) is 19.1 Å². The molecule has 2 heterocycles. The number of piperazine rings is 1. The minimum absolute atomic E-state index is 0.0166. The first-order valence-corrected chi connectivity index (χ1v) is 13.1. The number of hydrogen-bond donors (Lipinski definition) is 0. The molecule has 3 aliphatic rings. The molecule has 2 saturated heterocycles. The fraction of sp³-hybridized carbons (Fsp3) is 0.667. The van der Waals surface area contributed by atoms with Gasteiger partial charge in [0.1, 0.15) is 11.4 Å². The molecule has 0 N–H and O–H groups in total.